The molecule has 0 spiro atoms. The molecule has 2 rings (SSSR count). The second-order valence-corrected chi connectivity index (χ2v) is 7.66. The summed E-state index contributed by atoms with van der Waals surface area (Å²) >= 11 is 0. The van der Waals surface area contributed by atoms with E-state index in [1.807, 2.05) is 0 Å². The van der Waals surface area contributed by atoms with Gasteiger partial charge < -0.3 is 10.0 Å². The Morgan fingerprint density at radius 2 is 2.00 bits per heavy atom. The van der Waals surface area contributed by atoms with E-state index in [0.29, 0.717) is 13.0 Å². The highest BCUT2D eigenvalue weighted by atomic mass is 32.2. The maximum absolute atomic E-state index is 12.4. The number of amides is 1. The lowest BCUT2D eigenvalue weighted by Crippen LogP contribution is -2.34. The van der Waals surface area contributed by atoms with Crippen LogP contribution < -0.4 is 0 Å². The number of hydrogen-bond donors (Lipinski definition) is 1. The van der Waals surface area contributed by atoms with Gasteiger partial charge in [0, 0.05) is 24.9 Å². The van der Waals surface area contributed by atoms with Crippen LogP contribution in [0.1, 0.15) is 23.7 Å². The molecule has 1 aliphatic rings. The van der Waals surface area contributed by atoms with Crippen LogP contribution in [0.2, 0.25) is 0 Å². The lowest BCUT2D eigenvalue weighted by atomic mass is 9.90. The molecule has 1 amide bonds. The summed E-state index contributed by atoms with van der Waals surface area (Å²) in [7, 11) is -3.38. The fraction of sp³-hybridized carbons (Fsp3) is 0.429. The number of carboxylic acid groups (broad SMARTS) is 1. The van der Waals surface area contributed by atoms with Gasteiger partial charge in [-0.05, 0) is 31.5 Å². The zero-order valence-corrected chi connectivity index (χ0v) is 12.7. The van der Waals surface area contributed by atoms with Crippen LogP contribution in [0.4, 0.5) is 0 Å². The molecule has 1 atom stereocenters. The number of likely N-dealkylation sites (tertiary alicyclic amines) is 1. The number of nitrogens with zero attached hydrogens (tertiary/aromatic N) is 1. The first kappa shape index (κ1) is 15.5. The second kappa shape index (κ2) is 5.14. The maximum Gasteiger partial charge on any atom is 0.311 e. The maximum atomic E-state index is 12.4. The highest BCUT2D eigenvalue weighted by Crippen LogP contribution is 2.31. The number of hydrogen-bond acceptors (Lipinski definition) is 4. The molecule has 1 aliphatic heterocycles. The second-order valence-electron chi connectivity index (χ2n) is 5.64. The van der Waals surface area contributed by atoms with E-state index < -0.39 is 21.2 Å². The van der Waals surface area contributed by atoms with Gasteiger partial charge in [0.25, 0.3) is 5.91 Å². The van der Waals surface area contributed by atoms with E-state index in [4.69, 9.17) is 0 Å². The minimum Gasteiger partial charge on any atom is -0.481 e. The van der Waals surface area contributed by atoms with Gasteiger partial charge in [0.15, 0.2) is 9.84 Å². The summed E-state index contributed by atoms with van der Waals surface area (Å²) in [5.74, 6) is -1.27. The van der Waals surface area contributed by atoms with Crippen LogP contribution in [0.3, 0.4) is 0 Å². The Labute approximate surface area is 123 Å². The van der Waals surface area contributed by atoms with Gasteiger partial charge in [-0.15, -0.1) is 0 Å². The molecule has 1 aromatic rings. The molecule has 0 bridgehead atoms. The first-order valence-corrected chi connectivity index (χ1v) is 8.35. The molecule has 6 nitrogen and oxygen atoms in total. The third-order valence-corrected chi connectivity index (χ3v) is 4.90. The number of benzene rings is 1. The quantitative estimate of drug-likeness (QED) is 0.900. The Balaban J connectivity index is 2.25. The van der Waals surface area contributed by atoms with Gasteiger partial charge in [0.05, 0.1) is 10.3 Å². The van der Waals surface area contributed by atoms with Gasteiger partial charge in [-0.2, -0.15) is 0 Å². The van der Waals surface area contributed by atoms with Crippen molar-refractivity contribution in [1.82, 2.24) is 4.90 Å². The van der Waals surface area contributed by atoms with Crippen molar-refractivity contribution < 1.29 is 23.1 Å². The largest absolute Gasteiger partial charge is 0.481 e. The Morgan fingerprint density at radius 1 is 1.33 bits per heavy atom. The van der Waals surface area contributed by atoms with E-state index in [1.54, 1.807) is 6.92 Å². The van der Waals surface area contributed by atoms with Gasteiger partial charge in [0.2, 0.25) is 0 Å². The van der Waals surface area contributed by atoms with Crippen molar-refractivity contribution in [3.8, 4) is 0 Å². The standard InChI is InChI=1S/C14H17NO5S/c1-14(13(17)18)6-7-15(9-14)12(16)10-4-3-5-11(8-10)21(2,19)20/h3-5,8H,6-7,9H2,1-2H3,(H,17,18)/t14-/m0/s1. The fourth-order valence-electron chi connectivity index (χ4n) is 2.35. The van der Waals surface area contributed by atoms with Gasteiger partial charge in [-0.1, -0.05) is 6.07 Å². The molecule has 1 saturated heterocycles. The number of aliphatic carboxylic acids is 1. The topological polar surface area (TPSA) is 91.8 Å². The third-order valence-electron chi connectivity index (χ3n) is 3.79. The van der Waals surface area contributed by atoms with E-state index in [9.17, 15) is 23.1 Å². The van der Waals surface area contributed by atoms with Crippen LogP contribution >= 0.6 is 0 Å². The SMILES string of the molecule is C[C@]1(C(=O)O)CCN(C(=O)c2cccc(S(C)(=O)=O)c2)C1. The predicted octanol–water partition coefficient (Wildman–Crippen LogP) is 1.03. The molecule has 114 valence electrons. The summed E-state index contributed by atoms with van der Waals surface area (Å²) in [4.78, 5) is 25.1. The lowest BCUT2D eigenvalue weighted by Gasteiger charge is -2.20. The number of carbonyl (C=O) groups excluding carboxylic acids is 1. The molecule has 0 aliphatic carbocycles. The minimum atomic E-state index is -3.38. The van der Waals surface area contributed by atoms with E-state index >= 15 is 0 Å². The Kier molecular flexibility index (Phi) is 3.79. The van der Waals surface area contributed by atoms with Crippen LogP contribution in [0.5, 0.6) is 0 Å². The van der Waals surface area contributed by atoms with Crippen molar-refractivity contribution in [2.45, 2.75) is 18.2 Å². The van der Waals surface area contributed by atoms with Crippen LogP contribution in [0.15, 0.2) is 29.2 Å². The average Bonchev–Trinajstić information content (AvgIpc) is 2.81. The van der Waals surface area contributed by atoms with E-state index in [0.717, 1.165) is 6.26 Å². The molecule has 0 saturated carbocycles. The normalized spacial score (nSPS) is 22.3. The van der Waals surface area contributed by atoms with E-state index in [-0.39, 0.29) is 22.9 Å². The van der Waals surface area contributed by atoms with Crippen LogP contribution in [0.25, 0.3) is 0 Å². The Bertz CT molecular complexity index is 697. The highest BCUT2D eigenvalue weighted by Gasteiger charge is 2.42. The summed E-state index contributed by atoms with van der Waals surface area (Å²) in [5.41, 5.74) is -0.683. The molecule has 1 fully saturated rings. The first-order valence-electron chi connectivity index (χ1n) is 6.46. The Morgan fingerprint density at radius 3 is 2.52 bits per heavy atom. The van der Waals surface area contributed by atoms with Crippen molar-refractivity contribution in [3.63, 3.8) is 0 Å². The van der Waals surface area contributed by atoms with Crippen molar-refractivity contribution in [2.24, 2.45) is 5.41 Å². The third kappa shape index (κ3) is 3.07. The molecule has 1 heterocycles. The number of carboxylic acids is 1. The fourth-order valence-corrected chi connectivity index (χ4v) is 3.02. The average molecular weight is 311 g/mol. The minimum absolute atomic E-state index is 0.0774. The van der Waals surface area contributed by atoms with Crippen LogP contribution in [-0.4, -0.2) is 49.6 Å². The molecular weight excluding hydrogens is 294 g/mol. The highest BCUT2D eigenvalue weighted by molar-refractivity contribution is 7.90. The predicted molar refractivity (Wildman–Crippen MR) is 75.8 cm³/mol. The van der Waals surface area contributed by atoms with Crippen molar-refractivity contribution in [1.29, 1.82) is 0 Å². The molecule has 1 N–H and O–H groups in total. The number of carbonyl (C=O) groups is 2. The van der Waals surface area contributed by atoms with Gasteiger partial charge in [-0.3, -0.25) is 9.59 Å². The molecule has 0 unspecified atom stereocenters. The monoisotopic (exact) mass is 311 g/mol. The molecule has 21 heavy (non-hydrogen) atoms. The van der Waals surface area contributed by atoms with Crippen molar-refractivity contribution >= 4 is 21.7 Å². The zero-order valence-electron chi connectivity index (χ0n) is 11.9. The zero-order chi connectivity index (χ0) is 15.8. The summed E-state index contributed by atoms with van der Waals surface area (Å²) < 4.78 is 23.0. The first-order chi connectivity index (χ1) is 9.63. The van der Waals surface area contributed by atoms with Gasteiger partial charge in [-0.25, -0.2) is 8.42 Å². The molecule has 1 aromatic carbocycles. The molecule has 7 heteroatoms. The smallest absolute Gasteiger partial charge is 0.311 e. The lowest BCUT2D eigenvalue weighted by molar-refractivity contribution is -0.147. The number of rotatable bonds is 3. The summed E-state index contributed by atoms with van der Waals surface area (Å²) in [6.45, 7) is 2.09. The van der Waals surface area contributed by atoms with Gasteiger partial charge >= 0.3 is 5.97 Å². The molecule has 0 radical (unpaired) electrons. The van der Waals surface area contributed by atoms with Crippen molar-refractivity contribution in [2.75, 3.05) is 19.3 Å². The van der Waals surface area contributed by atoms with E-state index in [2.05, 4.69) is 0 Å². The summed E-state index contributed by atoms with van der Waals surface area (Å²) in [6, 6.07) is 5.80. The molecular formula is C14H17NO5S. The van der Waals surface area contributed by atoms with Crippen LogP contribution in [0, 0.1) is 5.41 Å². The molecule has 0 aromatic heterocycles. The Hall–Kier alpha value is -1.89. The van der Waals surface area contributed by atoms with Crippen LogP contribution in [-0.2, 0) is 14.6 Å². The van der Waals surface area contributed by atoms with Gasteiger partial charge in [0.1, 0.15) is 0 Å². The summed E-state index contributed by atoms with van der Waals surface area (Å²) in [6.07, 6.45) is 1.47. The summed E-state index contributed by atoms with van der Waals surface area (Å²) in [5, 5.41) is 9.18. The van der Waals surface area contributed by atoms with E-state index in [1.165, 1.54) is 29.2 Å². The number of sulfone groups is 1. The van der Waals surface area contributed by atoms with Crippen molar-refractivity contribution in [3.05, 3.63) is 29.8 Å².